The van der Waals surface area contributed by atoms with E-state index in [9.17, 15) is 14.9 Å². The summed E-state index contributed by atoms with van der Waals surface area (Å²) in [6.45, 7) is 0. The number of benzene rings is 2. The summed E-state index contributed by atoms with van der Waals surface area (Å²) in [6.07, 6.45) is 1.42. The molecule has 1 fully saturated rings. The molecule has 0 saturated carbocycles. The van der Waals surface area contributed by atoms with Gasteiger partial charge in [-0.2, -0.15) is 5.10 Å². The minimum Gasteiger partial charge on any atom is -0.273 e. The van der Waals surface area contributed by atoms with Crippen LogP contribution in [0.15, 0.2) is 64.8 Å². The maximum absolute atomic E-state index is 12.0. The van der Waals surface area contributed by atoms with E-state index in [-0.39, 0.29) is 11.6 Å². The van der Waals surface area contributed by atoms with E-state index < -0.39 is 4.92 Å². The summed E-state index contributed by atoms with van der Waals surface area (Å²) in [6, 6.07) is 15.3. The van der Waals surface area contributed by atoms with Crippen molar-refractivity contribution in [2.45, 2.75) is 0 Å². The smallest absolute Gasteiger partial charge is 0.270 e. The Labute approximate surface area is 141 Å². The number of anilines is 1. The van der Waals surface area contributed by atoms with E-state index in [4.69, 9.17) is 0 Å². The van der Waals surface area contributed by atoms with Gasteiger partial charge in [0.25, 0.3) is 5.69 Å². The number of nitrogens with zero attached hydrogens (tertiary/aromatic N) is 4. The molecule has 2 aromatic rings. The quantitative estimate of drug-likeness (QED) is 0.486. The van der Waals surface area contributed by atoms with Crippen molar-refractivity contribution < 1.29 is 9.72 Å². The number of hydrogen-bond acceptors (Lipinski definition) is 6. The van der Waals surface area contributed by atoms with Crippen LogP contribution in [0.25, 0.3) is 0 Å². The van der Waals surface area contributed by atoms with E-state index in [0.717, 1.165) is 5.69 Å². The molecule has 1 amide bonds. The molecule has 0 atom stereocenters. The van der Waals surface area contributed by atoms with Gasteiger partial charge in [0.2, 0.25) is 5.91 Å². The van der Waals surface area contributed by atoms with Gasteiger partial charge in [0.15, 0.2) is 5.17 Å². The van der Waals surface area contributed by atoms with Gasteiger partial charge in [-0.25, -0.2) is 0 Å². The van der Waals surface area contributed by atoms with Gasteiger partial charge in [0, 0.05) is 17.7 Å². The molecule has 0 N–H and O–H groups in total. The van der Waals surface area contributed by atoms with Crippen LogP contribution in [0.4, 0.5) is 11.4 Å². The predicted octanol–water partition coefficient (Wildman–Crippen LogP) is 3.06. The van der Waals surface area contributed by atoms with Crippen molar-refractivity contribution in [1.82, 2.24) is 0 Å². The summed E-state index contributed by atoms with van der Waals surface area (Å²) in [7, 11) is 0. The Bertz CT molecular complexity index is 836. The lowest BCUT2D eigenvalue weighted by Gasteiger charge is -2.14. The van der Waals surface area contributed by atoms with Crippen LogP contribution in [-0.2, 0) is 4.79 Å². The largest absolute Gasteiger partial charge is 0.273 e. The van der Waals surface area contributed by atoms with Crippen LogP contribution in [0.1, 0.15) is 5.56 Å². The van der Waals surface area contributed by atoms with E-state index >= 15 is 0 Å². The van der Waals surface area contributed by atoms with E-state index in [1.165, 1.54) is 35.0 Å². The fraction of sp³-hybridized carbons (Fsp3) is 0.0625. The van der Waals surface area contributed by atoms with Crippen LogP contribution in [0, 0.1) is 10.1 Å². The first kappa shape index (κ1) is 15.9. The summed E-state index contributed by atoms with van der Waals surface area (Å²) in [4.78, 5) is 23.8. The standard InChI is InChI=1S/C16H12N4O3S/c21-15-11-24-16(19(15)13-6-2-1-3-7-13)18-17-10-12-5-4-8-14(9-12)20(22)23/h1-10H,11H2. The number of rotatable bonds is 4. The molecule has 1 heterocycles. The fourth-order valence-corrected chi connectivity index (χ4v) is 2.95. The zero-order valence-corrected chi connectivity index (χ0v) is 13.2. The molecule has 120 valence electrons. The topological polar surface area (TPSA) is 88.2 Å². The molecule has 3 rings (SSSR count). The third-order valence-corrected chi connectivity index (χ3v) is 4.12. The minimum atomic E-state index is -0.466. The van der Waals surface area contributed by atoms with E-state index in [0.29, 0.717) is 16.5 Å². The highest BCUT2D eigenvalue weighted by molar-refractivity contribution is 8.15. The number of amidine groups is 1. The Balaban J connectivity index is 1.81. The lowest BCUT2D eigenvalue weighted by molar-refractivity contribution is -0.384. The van der Waals surface area contributed by atoms with Crippen molar-refractivity contribution in [3.05, 3.63) is 70.3 Å². The van der Waals surface area contributed by atoms with Gasteiger partial charge < -0.3 is 0 Å². The molecule has 1 aliphatic heterocycles. The fourth-order valence-electron chi connectivity index (χ4n) is 2.13. The zero-order chi connectivity index (χ0) is 16.9. The molecule has 1 aliphatic rings. The van der Waals surface area contributed by atoms with Crippen molar-refractivity contribution in [3.8, 4) is 0 Å². The Morgan fingerprint density at radius 1 is 1.17 bits per heavy atom. The van der Waals surface area contributed by atoms with Crippen LogP contribution in [-0.4, -0.2) is 28.0 Å². The lowest BCUT2D eigenvalue weighted by atomic mass is 10.2. The number of carbonyl (C=O) groups excluding carboxylic acids is 1. The first-order valence-corrected chi connectivity index (χ1v) is 8.00. The molecular formula is C16H12N4O3S. The number of thioether (sulfide) groups is 1. The maximum Gasteiger partial charge on any atom is 0.270 e. The molecule has 1 saturated heterocycles. The zero-order valence-electron chi connectivity index (χ0n) is 12.4. The monoisotopic (exact) mass is 340 g/mol. The normalized spacial score (nSPS) is 16.2. The molecular weight excluding hydrogens is 328 g/mol. The number of hydrogen-bond donors (Lipinski definition) is 0. The lowest BCUT2D eigenvalue weighted by Crippen LogP contribution is -2.28. The van der Waals surface area contributed by atoms with Crippen LogP contribution >= 0.6 is 11.8 Å². The van der Waals surface area contributed by atoms with E-state index in [1.54, 1.807) is 12.1 Å². The van der Waals surface area contributed by atoms with Gasteiger partial charge >= 0.3 is 0 Å². The van der Waals surface area contributed by atoms with Gasteiger partial charge in [0.1, 0.15) is 0 Å². The maximum atomic E-state index is 12.0. The third-order valence-electron chi connectivity index (χ3n) is 3.21. The number of carbonyl (C=O) groups is 1. The second kappa shape index (κ2) is 7.05. The number of nitro groups is 1. The van der Waals surface area contributed by atoms with Gasteiger partial charge in [0.05, 0.1) is 22.6 Å². The Morgan fingerprint density at radius 3 is 2.71 bits per heavy atom. The second-order valence-corrected chi connectivity index (χ2v) is 5.78. The van der Waals surface area contributed by atoms with Crippen molar-refractivity contribution in [2.24, 2.45) is 10.2 Å². The van der Waals surface area contributed by atoms with Gasteiger partial charge in [-0.05, 0) is 12.1 Å². The average Bonchev–Trinajstić information content (AvgIpc) is 2.96. The van der Waals surface area contributed by atoms with Gasteiger partial charge in [-0.3, -0.25) is 19.8 Å². The molecule has 8 heteroatoms. The highest BCUT2D eigenvalue weighted by Crippen LogP contribution is 2.26. The molecule has 7 nitrogen and oxygen atoms in total. The highest BCUT2D eigenvalue weighted by Gasteiger charge is 2.29. The van der Waals surface area contributed by atoms with Crippen molar-refractivity contribution >= 4 is 40.4 Å². The number of para-hydroxylation sites is 1. The third kappa shape index (κ3) is 3.49. The first-order chi connectivity index (χ1) is 11.6. The molecule has 2 aromatic carbocycles. The Hall–Kier alpha value is -3.00. The van der Waals surface area contributed by atoms with Crippen LogP contribution < -0.4 is 4.90 Å². The Morgan fingerprint density at radius 2 is 1.96 bits per heavy atom. The SMILES string of the molecule is O=C1CSC(=NN=Cc2cccc([N+](=O)[O-])c2)N1c1ccccc1. The van der Waals surface area contributed by atoms with Crippen molar-refractivity contribution in [3.63, 3.8) is 0 Å². The van der Waals surface area contributed by atoms with E-state index in [1.807, 2.05) is 30.3 Å². The molecule has 24 heavy (non-hydrogen) atoms. The first-order valence-electron chi connectivity index (χ1n) is 7.01. The molecule has 0 unspecified atom stereocenters. The summed E-state index contributed by atoms with van der Waals surface area (Å²) in [5, 5.41) is 19.3. The second-order valence-electron chi connectivity index (χ2n) is 4.83. The van der Waals surface area contributed by atoms with Gasteiger partial charge in [-0.15, -0.1) is 5.10 Å². The summed E-state index contributed by atoms with van der Waals surface area (Å²) >= 11 is 1.30. The molecule has 0 radical (unpaired) electrons. The number of nitro benzene ring substituents is 1. The van der Waals surface area contributed by atoms with E-state index in [2.05, 4.69) is 10.2 Å². The summed E-state index contributed by atoms with van der Waals surface area (Å²) in [5.41, 5.74) is 1.29. The van der Waals surface area contributed by atoms with Crippen molar-refractivity contribution in [2.75, 3.05) is 10.7 Å². The molecule has 0 aromatic heterocycles. The average molecular weight is 340 g/mol. The minimum absolute atomic E-state index is 0.0112. The molecule has 0 spiro atoms. The van der Waals surface area contributed by atoms with Crippen LogP contribution in [0.3, 0.4) is 0 Å². The summed E-state index contributed by atoms with van der Waals surface area (Å²) in [5.74, 6) is 0.246. The highest BCUT2D eigenvalue weighted by atomic mass is 32.2. The predicted molar refractivity (Wildman–Crippen MR) is 94.5 cm³/mol. The van der Waals surface area contributed by atoms with Gasteiger partial charge in [-0.1, -0.05) is 42.1 Å². The summed E-state index contributed by atoms with van der Waals surface area (Å²) < 4.78 is 0. The van der Waals surface area contributed by atoms with Crippen molar-refractivity contribution in [1.29, 1.82) is 0 Å². The van der Waals surface area contributed by atoms with Crippen LogP contribution in [0.2, 0.25) is 0 Å². The molecule has 0 aliphatic carbocycles. The number of amides is 1. The molecule has 0 bridgehead atoms. The van der Waals surface area contributed by atoms with Crippen LogP contribution in [0.5, 0.6) is 0 Å². The Kier molecular flexibility index (Phi) is 4.66. The number of non-ortho nitro benzene ring substituents is 1.